The Morgan fingerprint density at radius 3 is 1.49 bits per heavy atom. The average molecular weight is 1010 g/mol. The fourth-order valence-electron chi connectivity index (χ4n) is 6.95. The van der Waals surface area contributed by atoms with Crippen molar-refractivity contribution in [3.05, 3.63) is 0 Å². The molecule has 0 unspecified atom stereocenters. The van der Waals surface area contributed by atoms with Crippen LogP contribution in [0.1, 0.15) is 126 Å². The van der Waals surface area contributed by atoms with Crippen LogP contribution in [-0.4, -0.2) is 150 Å². The number of carbonyl (C=O) groups excluding carboxylic acids is 8. The zero-order valence-corrected chi connectivity index (χ0v) is 42.5. The van der Waals surface area contributed by atoms with Gasteiger partial charge < -0.3 is 81.0 Å². The zero-order chi connectivity index (χ0) is 54.4. The zero-order valence-electron chi connectivity index (χ0n) is 42.5. The summed E-state index contributed by atoms with van der Waals surface area (Å²) in [6.45, 7) is 11.7. The van der Waals surface area contributed by atoms with E-state index in [9.17, 15) is 58.2 Å². The fourth-order valence-corrected chi connectivity index (χ4v) is 6.95. The Morgan fingerprint density at radius 2 is 1.03 bits per heavy atom. The number of carbonyl (C=O) groups is 10. The maximum absolute atomic E-state index is 13.9. The fraction of sp³-hybridized carbons (Fsp3) is 0.756. The Hall–Kier alpha value is -6.15. The number of nitrogens with one attached hydrogen (secondary N) is 10. The number of nitrogens with two attached hydrogens (primary N) is 4. The van der Waals surface area contributed by atoms with E-state index in [1.54, 1.807) is 27.7 Å². The van der Waals surface area contributed by atoms with Gasteiger partial charge in [0, 0.05) is 13.0 Å². The summed E-state index contributed by atoms with van der Waals surface area (Å²) in [7, 11) is 0. The Labute approximate surface area is 416 Å². The normalized spacial score (nSPS) is 14.9. The molecule has 0 saturated carbocycles. The first-order valence-corrected chi connectivity index (χ1v) is 24.4. The van der Waals surface area contributed by atoms with Crippen molar-refractivity contribution in [2.24, 2.45) is 40.7 Å². The van der Waals surface area contributed by atoms with Crippen molar-refractivity contribution in [3.63, 3.8) is 0 Å². The van der Waals surface area contributed by atoms with Crippen molar-refractivity contribution in [1.82, 2.24) is 47.9 Å². The molecule has 0 saturated heterocycles. The van der Waals surface area contributed by atoms with Crippen molar-refractivity contribution in [2.45, 2.75) is 174 Å². The minimum absolute atomic E-state index is 0.00288. The lowest BCUT2D eigenvalue weighted by Gasteiger charge is -2.28. The topological polar surface area (TPSA) is 447 Å². The van der Waals surface area contributed by atoms with Gasteiger partial charge in [0.2, 0.25) is 47.3 Å². The van der Waals surface area contributed by atoms with E-state index in [1.165, 1.54) is 6.92 Å². The van der Waals surface area contributed by atoms with Gasteiger partial charge in [-0.1, -0.05) is 48.0 Å². The van der Waals surface area contributed by atoms with Crippen LogP contribution in [0.2, 0.25) is 0 Å². The largest absolute Gasteiger partial charge is 0.481 e. The first kappa shape index (κ1) is 64.9. The molecule has 71 heavy (non-hydrogen) atoms. The van der Waals surface area contributed by atoms with Crippen molar-refractivity contribution in [1.29, 1.82) is 5.41 Å². The van der Waals surface area contributed by atoms with E-state index in [0.29, 0.717) is 45.1 Å². The predicted octanol–water partition coefficient (Wildman–Crippen LogP) is -2.94. The summed E-state index contributed by atoms with van der Waals surface area (Å²) < 4.78 is 0. The molecular weight excluding hydrogens is 929 g/mol. The molecule has 0 aliphatic carbocycles. The number of unbranched alkanes of at least 4 members (excludes halogenated alkanes) is 2. The highest BCUT2D eigenvalue weighted by atomic mass is 16.4. The number of guanidine groups is 1. The molecular formula is C45H84N14O12. The molecule has 0 rings (SSSR count). The van der Waals surface area contributed by atoms with Gasteiger partial charge >= 0.3 is 11.9 Å². The summed E-state index contributed by atoms with van der Waals surface area (Å²) in [4.78, 5) is 131. The standard InChI is InChI=1S/C45H84N14O12/c1-8-26(6)36(43(69)57-32(17-18-34(61)62)42(68)56-30(14-9-11-19-46)40(66)53-27(7)37(63)59-35(25(4)5)44(70)71)58-33(60)23-52-39(65)29(16-13-21-51-45(49)50)55-41(67)31(15-10-12-20-47)54-38(64)28(48)22-24(2)3/h24-32,35-36H,8-23,46-48H2,1-7H3,(H,52,65)(H,53,66)(H,54,64)(H,55,67)(H,56,68)(H,57,69)(H,58,60)(H,59,63)(H,61,62)(H,70,71)(H4,49,50,51)/t26-,27-,28-,29-,30-,31-,32-,35-,36-/m0/s1. The minimum atomic E-state index is -1.55. The number of aliphatic carboxylic acids is 2. The molecule has 0 aliphatic rings. The van der Waals surface area contributed by atoms with E-state index in [4.69, 9.17) is 28.3 Å². The lowest BCUT2D eigenvalue weighted by Crippen LogP contribution is -2.59. The Morgan fingerprint density at radius 1 is 0.549 bits per heavy atom. The molecule has 0 spiro atoms. The van der Waals surface area contributed by atoms with Gasteiger partial charge in [0.1, 0.15) is 42.3 Å². The van der Waals surface area contributed by atoms with Crippen LogP contribution >= 0.6 is 0 Å². The van der Waals surface area contributed by atoms with Gasteiger partial charge in [-0.3, -0.25) is 48.6 Å². The second-order valence-corrected chi connectivity index (χ2v) is 18.4. The first-order valence-electron chi connectivity index (χ1n) is 24.4. The van der Waals surface area contributed by atoms with Gasteiger partial charge in [-0.15, -0.1) is 0 Å². The van der Waals surface area contributed by atoms with Crippen molar-refractivity contribution in [3.8, 4) is 0 Å². The molecule has 0 heterocycles. The molecule has 20 N–H and O–H groups in total. The van der Waals surface area contributed by atoms with Crippen LogP contribution in [0.5, 0.6) is 0 Å². The molecule has 9 atom stereocenters. The highest BCUT2D eigenvalue weighted by Crippen LogP contribution is 2.12. The van der Waals surface area contributed by atoms with E-state index in [-0.39, 0.29) is 50.7 Å². The maximum Gasteiger partial charge on any atom is 0.326 e. The summed E-state index contributed by atoms with van der Waals surface area (Å²) >= 11 is 0. The lowest BCUT2D eigenvalue weighted by molar-refractivity contribution is -0.143. The van der Waals surface area contributed by atoms with E-state index < -0.39 is 139 Å². The van der Waals surface area contributed by atoms with Gasteiger partial charge in [-0.05, 0) is 102 Å². The third kappa shape index (κ3) is 27.1. The summed E-state index contributed by atoms with van der Waals surface area (Å²) in [5.41, 5.74) is 22.8. The number of hydrogen-bond acceptors (Lipinski definition) is 14. The molecule has 26 nitrogen and oxygen atoms in total. The van der Waals surface area contributed by atoms with Crippen LogP contribution in [-0.2, 0) is 47.9 Å². The second kappa shape index (κ2) is 35.0. The predicted molar refractivity (Wildman–Crippen MR) is 263 cm³/mol. The Balaban J connectivity index is 6.34. The summed E-state index contributed by atoms with van der Waals surface area (Å²) in [6.07, 6.45) is 1.87. The molecule has 26 heteroatoms. The van der Waals surface area contributed by atoms with Gasteiger partial charge in [0.05, 0.1) is 12.6 Å². The average Bonchev–Trinajstić information content (AvgIpc) is 3.29. The third-order valence-electron chi connectivity index (χ3n) is 11.3. The van der Waals surface area contributed by atoms with Gasteiger partial charge in [0.25, 0.3) is 0 Å². The molecule has 0 radical (unpaired) electrons. The molecule has 8 amide bonds. The number of hydrogen-bond donors (Lipinski definition) is 16. The monoisotopic (exact) mass is 1010 g/mol. The van der Waals surface area contributed by atoms with Crippen LogP contribution in [0, 0.1) is 23.2 Å². The smallest absolute Gasteiger partial charge is 0.326 e. The van der Waals surface area contributed by atoms with Crippen LogP contribution in [0.4, 0.5) is 0 Å². The molecule has 0 fully saturated rings. The number of carboxylic acid groups (broad SMARTS) is 2. The van der Waals surface area contributed by atoms with E-state index in [0.717, 1.165) is 0 Å². The Bertz CT molecular complexity index is 1770. The molecule has 0 aromatic carbocycles. The third-order valence-corrected chi connectivity index (χ3v) is 11.3. The summed E-state index contributed by atoms with van der Waals surface area (Å²) in [5.74, 6) is -10.2. The van der Waals surface area contributed by atoms with E-state index >= 15 is 0 Å². The molecule has 406 valence electrons. The highest BCUT2D eigenvalue weighted by molar-refractivity contribution is 5.97. The van der Waals surface area contributed by atoms with Crippen molar-refractivity contribution >= 4 is 65.2 Å². The SMILES string of the molecule is CC[C@H](C)[C@H](NC(=O)CNC(=O)[C@H](CCCNC(=N)N)NC(=O)[C@H](CCCCN)NC(=O)[C@@H](N)CC(C)C)C(=O)N[C@@H](CCC(=O)O)C(=O)N[C@@H](CCCCN)C(=O)N[C@@H](C)C(=O)N[C@H](C(=O)O)C(C)C. The first-order chi connectivity index (χ1) is 33.3. The van der Waals surface area contributed by atoms with E-state index in [1.807, 2.05) is 13.8 Å². The van der Waals surface area contributed by atoms with E-state index in [2.05, 4.69) is 47.9 Å². The molecule has 0 aromatic rings. The molecule has 0 aromatic heterocycles. The van der Waals surface area contributed by atoms with Crippen LogP contribution in [0.25, 0.3) is 0 Å². The maximum atomic E-state index is 13.9. The number of amides is 8. The van der Waals surface area contributed by atoms with Crippen LogP contribution in [0.15, 0.2) is 0 Å². The van der Waals surface area contributed by atoms with Gasteiger partial charge in [0.15, 0.2) is 5.96 Å². The van der Waals surface area contributed by atoms with Gasteiger partial charge in [-0.25, -0.2) is 4.79 Å². The highest BCUT2D eigenvalue weighted by Gasteiger charge is 2.34. The summed E-state index contributed by atoms with van der Waals surface area (Å²) in [6, 6.07) is -9.90. The second-order valence-electron chi connectivity index (χ2n) is 18.4. The van der Waals surface area contributed by atoms with Crippen molar-refractivity contribution in [2.75, 3.05) is 26.2 Å². The summed E-state index contributed by atoms with van der Waals surface area (Å²) in [5, 5.41) is 49.2. The lowest BCUT2D eigenvalue weighted by atomic mass is 9.97. The Kier molecular flexibility index (Phi) is 32.0. The number of rotatable bonds is 37. The molecule has 0 bridgehead atoms. The minimum Gasteiger partial charge on any atom is -0.481 e. The van der Waals surface area contributed by atoms with Crippen LogP contribution < -0.4 is 70.8 Å². The quantitative estimate of drug-likeness (QED) is 0.0168. The van der Waals surface area contributed by atoms with Crippen LogP contribution in [0.3, 0.4) is 0 Å². The molecule has 0 aliphatic heterocycles. The van der Waals surface area contributed by atoms with Crippen molar-refractivity contribution < 1.29 is 58.2 Å². The van der Waals surface area contributed by atoms with Gasteiger partial charge in [-0.2, -0.15) is 0 Å². The number of carboxylic acids is 2.